The van der Waals surface area contributed by atoms with Gasteiger partial charge < -0.3 is 10.2 Å². The van der Waals surface area contributed by atoms with E-state index >= 15 is 0 Å². The minimum Gasteiger partial charge on any atom is -0.360 e. The monoisotopic (exact) mass is 286 g/mol. The van der Waals surface area contributed by atoms with Crippen LogP contribution in [-0.2, 0) is 6.42 Å². The number of thiophene rings is 1. The highest BCUT2D eigenvalue weighted by molar-refractivity contribution is 7.10. The molecule has 2 aromatic rings. The summed E-state index contributed by atoms with van der Waals surface area (Å²) in [6.07, 6.45) is 2.31. The second-order valence-electron chi connectivity index (χ2n) is 5.51. The van der Waals surface area contributed by atoms with Crippen molar-refractivity contribution in [2.24, 2.45) is 0 Å². The van der Waals surface area contributed by atoms with Gasteiger partial charge in [0, 0.05) is 16.6 Å². The number of fused-ring (bicyclic) bond motifs is 1. The van der Waals surface area contributed by atoms with Crippen molar-refractivity contribution >= 4 is 17.0 Å². The maximum atomic E-state index is 3.30. The first-order valence-corrected chi connectivity index (χ1v) is 8.23. The van der Waals surface area contributed by atoms with Crippen LogP contribution in [0.5, 0.6) is 0 Å². The zero-order chi connectivity index (χ0) is 13.9. The van der Waals surface area contributed by atoms with Gasteiger partial charge in [0.2, 0.25) is 0 Å². The third-order valence-electron chi connectivity index (χ3n) is 4.14. The van der Waals surface area contributed by atoms with Gasteiger partial charge in [-0.15, -0.1) is 11.3 Å². The van der Waals surface area contributed by atoms with E-state index in [9.17, 15) is 0 Å². The van der Waals surface area contributed by atoms with Gasteiger partial charge in [0.1, 0.15) is 0 Å². The van der Waals surface area contributed by atoms with E-state index < -0.39 is 0 Å². The Labute approximate surface area is 125 Å². The van der Waals surface area contributed by atoms with E-state index in [0.29, 0.717) is 12.1 Å². The van der Waals surface area contributed by atoms with Gasteiger partial charge in [0.05, 0.1) is 6.04 Å². The van der Waals surface area contributed by atoms with Crippen LogP contribution in [0.1, 0.15) is 29.8 Å². The van der Waals surface area contributed by atoms with Gasteiger partial charge in [0.15, 0.2) is 0 Å². The zero-order valence-corrected chi connectivity index (χ0v) is 13.0. The summed E-state index contributed by atoms with van der Waals surface area (Å²) in [4.78, 5) is 4.10. The number of nitrogens with zero attached hydrogens (tertiary/aromatic N) is 1. The fraction of sp³-hybridized carbons (Fsp3) is 0.412. The maximum absolute atomic E-state index is 3.30. The minimum absolute atomic E-state index is 0.487. The molecule has 2 heterocycles. The Morgan fingerprint density at radius 2 is 2.15 bits per heavy atom. The minimum atomic E-state index is 0.487. The van der Waals surface area contributed by atoms with E-state index in [0.717, 1.165) is 19.4 Å². The molecular formula is C17H22N2S. The predicted molar refractivity (Wildman–Crippen MR) is 87.7 cm³/mol. The van der Waals surface area contributed by atoms with Crippen LogP contribution in [0.25, 0.3) is 0 Å². The molecule has 0 bridgehead atoms. The van der Waals surface area contributed by atoms with Gasteiger partial charge in [-0.1, -0.05) is 24.3 Å². The highest BCUT2D eigenvalue weighted by Gasteiger charge is 2.32. The average molecular weight is 286 g/mol. The first kappa shape index (κ1) is 13.7. The van der Waals surface area contributed by atoms with Crippen molar-refractivity contribution in [3.05, 3.63) is 52.2 Å². The van der Waals surface area contributed by atoms with E-state index in [-0.39, 0.29) is 0 Å². The maximum Gasteiger partial charge on any atom is 0.0650 e. The Kier molecular flexibility index (Phi) is 4.08. The quantitative estimate of drug-likeness (QED) is 0.898. The van der Waals surface area contributed by atoms with Crippen LogP contribution in [0.2, 0.25) is 0 Å². The van der Waals surface area contributed by atoms with Gasteiger partial charge in [-0.2, -0.15) is 0 Å². The second kappa shape index (κ2) is 5.98. The molecule has 0 aliphatic carbocycles. The molecule has 1 unspecified atom stereocenters. The van der Waals surface area contributed by atoms with Gasteiger partial charge in [-0.3, -0.25) is 0 Å². The van der Waals surface area contributed by atoms with Gasteiger partial charge >= 0.3 is 0 Å². The van der Waals surface area contributed by atoms with Crippen molar-refractivity contribution in [1.29, 1.82) is 0 Å². The SMILES string of the molecule is CNCCC(c1cccs1)N1c2ccccc2C[C@H]1C. The topological polar surface area (TPSA) is 15.3 Å². The molecule has 1 N–H and O–H groups in total. The third kappa shape index (κ3) is 2.48. The molecule has 2 nitrogen and oxygen atoms in total. The Balaban J connectivity index is 1.94. The molecular weight excluding hydrogens is 264 g/mol. The lowest BCUT2D eigenvalue weighted by molar-refractivity contribution is 0.526. The Morgan fingerprint density at radius 3 is 2.90 bits per heavy atom. The molecule has 0 saturated carbocycles. The lowest BCUT2D eigenvalue weighted by Gasteiger charge is -2.34. The molecule has 0 fully saturated rings. The molecule has 0 spiro atoms. The molecule has 1 aromatic carbocycles. The molecule has 3 rings (SSSR count). The van der Waals surface area contributed by atoms with E-state index in [2.05, 4.69) is 58.9 Å². The van der Waals surface area contributed by atoms with E-state index in [1.165, 1.54) is 16.1 Å². The first-order valence-electron chi connectivity index (χ1n) is 7.35. The Bertz CT molecular complexity index is 550. The fourth-order valence-electron chi connectivity index (χ4n) is 3.24. The molecule has 1 aliphatic rings. The number of rotatable bonds is 5. The van der Waals surface area contributed by atoms with Gasteiger partial charge in [0.25, 0.3) is 0 Å². The number of para-hydroxylation sites is 1. The second-order valence-corrected chi connectivity index (χ2v) is 6.49. The summed E-state index contributed by atoms with van der Waals surface area (Å²) >= 11 is 1.88. The summed E-state index contributed by atoms with van der Waals surface area (Å²) < 4.78 is 0. The standard InChI is InChI=1S/C17H22N2S/c1-13-12-14-6-3-4-7-15(14)19(13)16(9-10-18-2)17-8-5-11-20-17/h3-8,11,13,16,18H,9-10,12H2,1-2H3/t13-,16?/m1/s1. The van der Waals surface area contributed by atoms with Crippen LogP contribution in [0.3, 0.4) is 0 Å². The molecule has 0 radical (unpaired) electrons. The zero-order valence-electron chi connectivity index (χ0n) is 12.2. The fourth-order valence-corrected chi connectivity index (χ4v) is 4.10. The van der Waals surface area contributed by atoms with Crippen LogP contribution in [0.15, 0.2) is 41.8 Å². The number of nitrogens with one attached hydrogen (secondary N) is 1. The van der Waals surface area contributed by atoms with E-state index in [4.69, 9.17) is 0 Å². The summed E-state index contributed by atoms with van der Waals surface area (Å²) in [5.74, 6) is 0. The smallest absolute Gasteiger partial charge is 0.0650 e. The van der Waals surface area contributed by atoms with Crippen molar-refractivity contribution < 1.29 is 0 Å². The number of anilines is 1. The predicted octanol–water partition coefficient (Wildman–Crippen LogP) is 3.85. The van der Waals surface area contributed by atoms with Crippen molar-refractivity contribution in [2.45, 2.75) is 31.8 Å². The van der Waals surface area contributed by atoms with Crippen LogP contribution in [0, 0.1) is 0 Å². The Morgan fingerprint density at radius 1 is 1.30 bits per heavy atom. The molecule has 1 aliphatic heterocycles. The lowest BCUT2D eigenvalue weighted by atomic mass is 10.1. The van der Waals surface area contributed by atoms with Gasteiger partial charge in [-0.05, 0) is 56.4 Å². The van der Waals surface area contributed by atoms with Crippen LogP contribution >= 0.6 is 11.3 Å². The van der Waals surface area contributed by atoms with Gasteiger partial charge in [-0.25, -0.2) is 0 Å². The molecule has 20 heavy (non-hydrogen) atoms. The summed E-state index contributed by atoms with van der Waals surface area (Å²) in [5.41, 5.74) is 2.92. The lowest BCUT2D eigenvalue weighted by Crippen LogP contribution is -2.34. The normalized spacial score (nSPS) is 19.1. The highest BCUT2D eigenvalue weighted by atomic mass is 32.1. The molecule has 106 valence electrons. The van der Waals surface area contributed by atoms with Crippen molar-refractivity contribution in [1.82, 2.24) is 5.32 Å². The number of benzene rings is 1. The van der Waals surface area contributed by atoms with E-state index in [1.807, 2.05) is 18.4 Å². The molecule has 1 aromatic heterocycles. The number of hydrogen-bond donors (Lipinski definition) is 1. The molecule has 0 amide bonds. The molecule has 2 atom stereocenters. The van der Waals surface area contributed by atoms with Crippen molar-refractivity contribution in [3.8, 4) is 0 Å². The first-order chi connectivity index (χ1) is 9.81. The number of hydrogen-bond acceptors (Lipinski definition) is 3. The van der Waals surface area contributed by atoms with Crippen LogP contribution < -0.4 is 10.2 Å². The largest absolute Gasteiger partial charge is 0.360 e. The van der Waals surface area contributed by atoms with Crippen LogP contribution in [-0.4, -0.2) is 19.6 Å². The summed E-state index contributed by atoms with van der Waals surface area (Å²) in [5, 5.41) is 5.49. The van der Waals surface area contributed by atoms with Crippen LogP contribution in [0.4, 0.5) is 5.69 Å². The van der Waals surface area contributed by atoms with Crippen molar-refractivity contribution in [3.63, 3.8) is 0 Å². The summed E-state index contributed by atoms with van der Waals surface area (Å²) in [7, 11) is 2.03. The summed E-state index contributed by atoms with van der Waals surface area (Å²) in [6, 6.07) is 14.4. The summed E-state index contributed by atoms with van der Waals surface area (Å²) in [6.45, 7) is 3.40. The van der Waals surface area contributed by atoms with E-state index in [1.54, 1.807) is 0 Å². The average Bonchev–Trinajstić information content (AvgIpc) is 3.08. The van der Waals surface area contributed by atoms with Crippen molar-refractivity contribution in [2.75, 3.05) is 18.5 Å². The highest BCUT2D eigenvalue weighted by Crippen LogP contribution is 2.40. The molecule has 3 heteroatoms. The molecule has 0 saturated heterocycles. The Hall–Kier alpha value is -1.32. The third-order valence-corrected chi connectivity index (χ3v) is 5.11.